The van der Waals surface area contributed by atoms with Crippen molar-refractivity contribution in [3.8, 4) is 6.07 Å². The van der Waals surface area contributed by atoms with Crippen LogP contribution < -0.4 is 0 Å². The van der Waals surface area contributed by atoms with Gasteiger partial charge in [-0.3, -0.25) is 9.59 Å². The summed E-state index contributed by atoms with van der Waals surface area (Å²) in [5.41, 5.74) is 1.06. The molecule has 4 nitrogen and oxygen atoms in total. The fourth-order valence-corrected chi connectivity index (χ4v) is 2.32. The Bertz CT molecular complexity index is 545. The van der Waals surface area contributed by atoms with E-state index in [2.05, 4.69) is 6.07 Å². The second-order valence-corrected chi connectivity index (χ2v) is 4.86. The van der Waals surface area contributed by atoms with Gasteiger partial charge in [-0.1, -0.05) is 12.1 Å². The summed E-state index contributed by atoms with van der Waals surface area (Å²) in [6, 6.07) is 8.98. The third-order valence-electron chi connectivity index (χ3n) is 3.41. The summed E-state index contributed by atoms with van der Waals surface area (Å²) >= 11 is 0. The number of Topliss-reactive ketones (excluding diaryl/α,β-unsaturated/α-hetero) is 1. The number of piperidine rings is 1. The first kappa shape index (κ1) is 13.3. The molecule has 1 atom stereocenters. The average Bonchev–Trinajstić information content (AvgIpc) is 2.46. The normalized spacial score (nSPS) is 18.7. The van der Waals surface area contributed by atoms with Gasteiger partial charge in [-0.05, 0) is 31.9 Å². The van der Waals surface area contributed by atoms with Gasteiger partial charge in [0.2, 0.25) is 0 Å². The summed E-state index contributed by atoms with van der Waals surface area (Å²) in [7, 11) is 0. The first-order valence-electron chi connectivity index (χ1n) is 6.41. The Labute approximate surface area is 112 Å². The monoisotopic (exact) mass is 256 g/mol. The number of hydrogen-bond donors (Lipinski definition) is 0. The first-order chi connectivity index (χ1) is 9.11. The minimum absolute atomic E-state index is 0.0526. The van der Waals surface area contributed by atoms with E-state index in [0.717, 1.165) is 12.8 Å². The van der Waals surface area contributed by atoms with Crippen LogP contribution in [0.15, 0.2) is 24.3 Å². The lowest BCUT2D eigenvalue weighted by Crippen LogP contribution is -2.39. The standard InChI is InChI=1S/C15H16N2O2/c1-11(18)13-5-2-6-14(8-13)15(19)17-7-3-4-12(9-16)10-17/h2,5-6,8,12H,3-4,7,10H2,1H3/t12-/m1/s1. The highest BCUT2D eigenvalue weighted by atomic mass is 16.2. The van der Waals surface area contributed by atoms with Crippen molar-refractivity contribution in [2.45, 2.75) is 19.8 Å². The van der Waals surface area contributed by atoms with Crippen LogP contribution in [-0.4, -0.2) is 29.7 Å². The molecule has 0 spiro atoms. The molecule has 0 aliphatic carbocycles. The van der Waals surface area contributed by atoms with Gasteiger partial charge in [0.15, 0.2) is 5.78 Å². The number of nitriles is 1. The van der Waals surface area contributed by atoms with Gasteiger partial charge < -0.3 is 4.90 Å². The van der Waals surface area contributed by atoms with Crippen molar-refractivity contribution in [3.63, 3.8) is 0 Å². The van der Waals surface area contributed by atoms with Crippen LogP contribution in [0.1, 0.15) is 40.5 Å². The second-order valence-electron chi connectivity index (χ2n) is 4.86. The van der Waals surface area contributed by atoms with Gasteiger partial charge >= 0.3 is 0 Å². The number of benzene rings is 1. The molecule has 1 amide bonds. The largest absolute Gasteiger partial charge is 0.337 e. The van der Waals surface area contributed by atoms with Crippen LogP contribution in [0, 0.1) is 17.2 Å². The van der Waals surface area contributed by atoms with Crippen molar-refractivity contribution >= 4 is 11.7 Å². The van der Waals surface area contributed by atoms with Crippen molar-refractivity contribution in [2.75, 3.05) is 13.1 Å². The molecule has 0 aromatic heterocycles. The first-order valence-corrected chi connectivity index (χ1v) is 6.41. The molecule has 4 heteroatoms. The molecule has 2 rings (SSSR count). The lowest BCUT2D eigenvalue weighted by molar-refractivity contribution is 0.0699. The molecule has 1 saturated heterocycles. The zero-order chi connectivity index (χ0) is 13.8. The Morgan fingerprint density at radius 1 is 1.37 bits per heavy atom. The molecule has 1 heterocycles. The quantitative estimate of drug-likeness (QED) is 0.762. The molecule has 1 aliphatic heterocycles. The molecule has 1 aromatic rings. The Hall–Kier alpha value is -2.15. The van der Waals surface area contributed by atoms with E-state index in [1.807, 2.05) is 0 Å². The SMILES string of the molecule is CC(=O)c1cccc(C(=O)N2CCC[C@H](C#N)C2)c1. The third-order valence-corrected chi connectivity index (χ3v) is 3.41. The Kier molecular flexibility index (Phi) is 3.96. The smallest absolute Gasteiger partial charge is 0.253 e. The summed E-state index contributed by atoms with van der Waals surface area (Å²) in [4.78, 5) is 25.4. The van der Waals surface area contributed by atoms with Crippen LogP contribution in [0.4, 0.5) is 0 Å². The van der Waals surface area contributed by atoms with E-state index in [1.165, 1.54) is 6.92 Å². The minimum atomic E-state index is -0.0944. The fraction of sp³-hybridized carbons (Fsp3) is 0.400. The number of carbonyl (C=O) groups excluding carboxylic acids is 2. The van der Waals surface area contributed by atoms with Crippen LogP contribution in [0.5, 0.6) is 0 Å². The molecule has 1 fully saturated rings. The predicted molar refractivity (Wildman–Crippen MR) is 70.7 cm³/mol. The van der Waals surface area contributed by atoms with Crippen LogP contribution in [-0.2, 0) is 0 Å². The highest BCUT2D eigenvalue weighted by molar-refractivity contribution is 5.99. The molecule has 1 aromatic carbocycles. The zero-order valence-electron chi connectivity index (χ0n) is 10.9. The number of hydrogen-bond acceptors (Lipinski definition) is 3. The maximum Gasteiger partial charge on any atom is 0.253 e. The summed E-state index contributed by atoms with van der Waals surface area (Å²) in [6.45, 7) is 2.65. The number of amides is 1. The second kappa shape index (κ2) is 5.66. The lowest BCUT2D eigenvalue weighted by atomic mass is 9.98. The molecule has 0 unspecified atom stereocenters. The van der Waals surface area contributed by atoms with Crippen LogP contribution >= 0.6 is 0 Å². The molecule has 0 radical (unpaired) electrons. The Morgan fingerprint density at radius 2 is 2.11 bits per heavy atom. The zero-order valence-corrected chi connectivity index (χ0v) is 10.9. The van der Waals surface area contributed by atoms with Crippen molar-refractivity contribution in [1.29, 1.82) is 5.26 Å². The number of nitrogens with zero attached hydrogens (tertiary/aromatic N) is 2. The Balaban J connectivity index is 2.17. The van der Waals surface area contributed by atoms with Crippen LogP contribution in [0.2, 0.25) is 0 Å². The van der Waals surface area contributed by atoms with E-state index >= 15 is 0 Å². The molecule has 19 heavy (non-hydrogen) atoms. The molecule has 0 saturated carbocycles. The average molecular weight is 256 g/mol. The van der Waals surface area contributed by atoms with Gasteiger partial charge in [0, 0.05) is 24.2 Å². The van der Waals surface area contributed by atoms with Crippen LogP contribution in [0.3, 0.4) is 0 Å². The van der Waals surface area contributed by atoms with E-state index in [0.29, 0.717) is 24.2 Å². The van der Waals surface area contributed by atoms with Gasteiger partial charge in [-0.25, -0.2) is 0 Å². The maximum absolute atomic E-state index is 12.3. The number of likely N-dealkylation sites (tertiary alicyclic amines) is 1. The number of ketones is 1. The van der Waals surface area contributed by atoms with Gasteiger partial charge in [0.05, 0.1) is 12.0 Å². The molecule has 98 valence electrons. The van der Waals surface area contributed by atoms with E-state index in [9.17, 15) is 9.59 Å². The highest BCUT2D eigenvalue weighted by Crippen LogP contribution is 2.18. The van der Waals surface area contributed by atoms with Gasteiger partial charge in [0.1, 0.15) is 0 Å². The summed E-state index contributed by atoms with van der Waals surface area (Å²) < 4.78 is 0. The molecule has 0 N–H and O–H groups in total. The van der Waals surface area contributed by atoms with Crippen molar-refractivity contribution in [1.82, 2.24) is 4.90 Å². The molecule has 0 bridgehead atoms. The lowest BCUT2D eigenvalue weighted by Gasteiger charge is -2.29. The van der Waals surface area contributed by atoms with Crippen molar-refractivity contribution in [2.24, 2.45) is 5.92 Å². The molecule has 1 aliphatic rings. The topological polar surface area (TPSA) is 61.2 Å². The van der Waals surface area contributed by atoms with Crippen molar-refractivity contribution < 1.29 is 9.59 Å². The Morgan fingerprint density at radius 3 is 2.79 bits per heavy atom. The van der Waals surface area contributed by atoms with Crippen molar-refractivity contribution in [3.05, 3.63) is 35.4 Å². The maximum atomic E-state index is 12.3. The predicted octanol–water partition coefficient (Wildman–Crippen LogP) is 2.26. The van der Waals surface area contributed by atoms with E-state index in [1.54, 1.807) is 29.2 Å². The minimum Gasteiger partial charge on any atom is -0.337 e. The van der Waals surface area contributed by atoms with E-state index < -0.39 is 0 Å². The van der Waals surface area contributed by atoms with Gasteiger partial charge in [-0.2, -0.15) is 5.26 Å². The highest BCUT2D eigenvalue weighted by Gasteiger charge is 2.24. The van der Waals surface area contributed by atoms with Gasteiger partial charge in [0.25, 0.3) is 5.91 Å². The third kappa shape index (κ3) is 3.00. The molecular formula is C15H16N2O2. The summed E-state index contributed by atoms with van der Waals surface area (Å²) in [5.74, 6) is -0.222. The summed E-state index contributed by atoms with van der Waals surface area (Å²) in [5, 5.41) is 8.95. The van der Waals surface area contributed by atoms with Gasteiger partial charge in [-0.15, -0.1) is 0 Å². The number of rotatable bonds is 2. The summed E-state index contributed by atoms with van der Waals surface area (Å²) in [6.07, 6.45) is 1.71. The van der Waals surface area contributed by atoms with E-state index in [4.69, 9.17) is 5.26 Å². The number of carbonyl (C=O) groups is 2. The fourth-order valence-electron chi connectivity index (χ4n) is 2.32. The van der Waals surface area contributed by atoms with Crippen LogP contribution in [0.25, 0.3) is 0 Å². The molecular weight excluding hydrogens is 240 g/mol. The van der Waals surface area contributed by atoms with E-state index in [-0.39, 0.29) is 17.6 Å².